The fraction of sp³-hybridized carbons (Fsp3) is 0.778. The van der Waals surface area contributed by atoms with E-state index in [4.69, 9.17) is 10.00 Å². The van der Waals surface area contributed by atoms with Gasteiger partial charge in [-0.15, -0.1) is 0 Å². The molecule has 0 aromatic carbocycles. The third-order valence-corrected chi connectivity index (χ3v) is 2.03. The van der Waals surface area contributed by atoms with Gasteiger partial charge in [-0.3, -0.25) is 4.79 Å². The Kier molecular flexibility index (Phi) is 1.97. The van der Waals surface area contributed by atoms with Crippen LogP contribution in [0.4, 0.5) is 0 Å². The molecule has 3 nitrogen and oxygen atoms in total. The minimum Gasteiger partial charge on any atom is -0.377 e. The highest BCUT2D eigenvalue weighted by molar-refractivity contribution is 5.92. The van der Waals surface area contributed by atoms with E-state index in [2.05, 4.69) is 0 Å². The lowest BCUT2D eigenvalue weighted by Crippen LogP contribution is -2.52. The molecule has 66 valence electrons. The van der Waals surface area contributed by atoms with Crippen LogP contribution < -0.4 is 0 Å². The van der Waals surface area contributed by atoms with Crippen molar-refractivity contribution < 1.29 is 9.53 Å². The van der Waals surface area contributed by atoms with E-state index in [1.54, 1.807) is 0 Å². The first-order chi connectivity index (χ1) is 5.42. The zero-order chi connectivity index (χ0) is 9.41. The van der Waals surface area contributed by atoms with Crippen molar-refractivity contribution in [2.45, 2.75) is 20.8 Å². The van der Waals surface area contributed by atoms with Crippen LogP contribution in [0.1, 0.15) is 20.8 Å². The molecule has 0 unspecified atom stereocenters. The molecular weight excluding hydrogens is 154 g/mol. The first kappa shape index (κ1) is 9.21. The van der Waals surface area contributed by atoms with E-state index in [9.17, 15) is 4.79 Å². The molecule has 0 atom stereocenters. The molecule has 1 saturated heterocycles. The first-order valence-corrected chi connectivity index (χ1v) is 3.96. The van der Waals surface area contributed by atoms with Gasteiger partial charge in [-0.25, -0.2) is 0 Å². The molecule has 1 rings (SSSR count). The monoisotopic (exact) mass is 167 g/mol. The normalized spacial score (nSPS) is 20.8. The molecule has 0 aromatic rings. The number of hydrogen-bond donors (Lipinski definition) is 0. The SMILES string of the molecule is CC(C)(C)C(=O)C1(C#N)COC1. The van der Waals surface area contributed by atoms with Crippen LogP contribution in [-0.2, 0) is 9.53 Å². The Balaban J connectivity index is 2.83. The molecular formula is C9H13NO2. The summed E-state index contributed by atoms with van der Waals surface area (Å²) in [6, 6.07) is 2.05. The molecule has 12 heavy (non-hydrogen) atoms. The number of carbonyl (C=O) groups excluding carboxylic acids is 1. The van der Waals surface area contributed by atoms with Gasteiger partial charge in [0.25, 0.3) is 0 Å². The number of nitriles is 1. The molecule has 1 fully saturated rings. The van der Waals surface area contributed by atoms with Gasteiger partial charge in [0.2, 0.25) is 0 Å². The van der Waals surface area contributed by atoms with Gasteiger partial charge in [0.05, 0.1) is 19.3 Å². The van der Waals surface area contributed by atoms with Gasteiger partial charge < -0.3 is 4.74 Å². The van der Waals surface area contributed by atoms with Crippen LogP contribution in [0.3, 0.4) is 0 Å². The fourth-order valence-corrected chi connectivity index (χ4v) is 1.27. The summed E-state index contributed by atoms with van der Waals surface area (Å²) in [7, 11) is 0. The van der Waals surface area contributed by atoms with Crippen molar-refractivity contribution >= 4 is 5.78 Å². The Bertz CT molecular complexity index is 240. The third-order valence-electron chi connectivity index (χ3n) is 2.03. The van der Waals surface area contributed by atoms with Crippen molar-refractivity contribution in [2.75, 3.05) is 13.2 Å². The van der Waals surface area contributed by atoms with Crippen LogP contribution in [0.2, 0.25) is 0 Å². The van der Waals surface area contributed by atoms with Gasteiger partial charge >= 0.3 is 0 Å². The van der Waals surface area contributed by atoms with Crippen LogP contribution >= 0.6 is 0 Å². The highest BCUT2D eigenvalue weighted by atomic mass is 16.5. The minimum atomic E-state index is -0.849. The van der Waals surface area contributed by atoms with Crippen LogP contribution in [0, 0.1) is 22.2 Å². The summed E-state index contributed by atoms with van der Waals surface area (Å²) < 4.78 is 4.90. The summed E-state index contributed by atoms with van der Waals surface area (Å²) in [5.74, 6) is -0.0104. The second-order valence-corrected chi connectivity index (χ2v) is 4.27. The lowest BCUT2D eigenvalue weighted by atomic mass is 9.72. The van der Waals surface area contributed by atoms with Crippen molar-refractivity contribution in [2.24, 2.45) is 10.8 Å². The molecule has 1 heterocycles. The number of carbonyl (C=O) groups is 1. The standard InChI is InChI=1S/C9H13NO2/c1-8(2,3)7(11)9(4-10)5-12-6-9/h5-6H2,1-3H3. The van der Waals surface area contributed by atoms with Crippen LogP contribution in [0.5, 0.6) is 0 Å². The van der Waals surface area contributed by atoms with E-state index in [0.717, 1.165) is 0 Å². The number of Topliss-reactive ketones (excluding diaryl/α,β-unsaturated/α-hetero) is 1. The fourth-order valence-electron chi connectivity index (χ4n) is 1.27. The Morgan fingerprint density at radius 2 is 2.00 bits per heavy atom. The molecule has 1 aliphatic rings. The van der Waals surface area contributed by atoms with E-state index in [-0.39, 0.29) is 19.0 Å². The Hall–Kier alpha value is -0.880. The van der Waals surface area contributed by atoms with Gasteiger partial charge in [-0.05, 0) is 0 Å². The van der Waals surface area contributed by atoms with E-state index in [1.165, 1.54) is 0 Å². The lowest BCUT2D eigenvalue weighted by molar-refractivity contribution is -0.155. The average Bonchev–Trinajstić information content (AvgIpc) is 1.84. The number of rotatable bonds is 1. The molecule has 0 amide bonds. The maximum Gasteiger partial charge on any atom is 0.163 e. The summed E-state index contributed by atoms with van der Waals surface area (Å²) in [5, 5.41) is 8.82. The molecule has 0 N–H and O–H groups in total. The number of hydrogen-bond acceptors (Lipinski definition) is 3. The zero-order valence-electron chi connectivity index (χ0n) is 7.68. The summed E-state index contributed by atoms with van der Waals surface area (Å²) in [4.78, 5) is 11.7. The van der Waals surface area contributed by atoms with Crippen LogP contribution in [-0.4, -0.2) is 19.0 Å². The number of ether oxygens (including phenoxy) is 1. The highest BCUT2D eigenvalue weighted by Gasteiger charge is 2.50. The molecule has 0 radical (unpaired) electrons. The molecule has 0 spiro atoms. The van der Waals surface area contributed by atoms with Gasteiger partial charge in [-0.1, -0.05) is 20.8 Å². The molecule has 0 bridgehead atoms. The van der Waals surface area contributed by atoms with Crippen molar-refractivity contribution in [3.05, 3.63) is 0 Å². The summed E-state index contributed by atoms with van der Waals surface area (Å²) >= 11 is 0. The maximum atomic E-state index is 11.7. The van der Waals surface area contributed by atoms with E-state index >= 15 is 0 Å². The largest absolute Gasteiger partial charge is 0.377 e. The number of ketones is 1. The smallest absolute Gasteiger partial charge is 0.163 e. The predicted molar refractivity (Wildman–Crippen MR) is 43.3 cm³/mol. The van der Waals surface area contributed by atoms with Gasteiger partial charge in [-0.2, -0.15) is 5.26 Å². The Morgan fingerprint density at radius 3 is 2.08 bits per heavy atom. The van der Waals surface area contributed by atoms with Crippen molar-refractivity contribution in [3.63, 3.8) is 0 Å². The van der Waals surface area contributed by atoms with Gasteiger partial charge in [0, 0.05) is 5.41 Å². The molecule has 0 aromatic heterocycles. The minimum absolute atomic E-state index is 0.0104. The summed E-state index contributed by atoms with van der Waals surface area (Å²) in [6.07, 6.45) is 0. The molecule has 0 aliphatic carbocycles. The van der Waals surface area contributed by atoms with Crippen molar-refractivity contribution in [1.29, 1.82) is 5.26 Å². The van der Waals surface area contributed by atoms with Crippen LogP contribution in [0.25, 0.3) is 0 Å². The molecule has 0 saturated carbocycles. The summed E-state index contributed by atoms with van der Waals surface area (Å²) in [6.45, 7) is 6.01. The van der Waals surface area contributed by atoms with Gasteiger partial charge in [0.1, 0.15) is 0 Å². The van der Waals surface area contributed by atoms with E-state index < -0.39 is 10.8 Å². The Morgan fingerprint density at radius 1 is 1.50 bits per heavy atom. The van der Waals surface area contributed by atoms with Crippen molar-refractivity contribution in [3.8, 4) is 6.07 Å². The van der Waals surface area contributed by atoms with E-state index in [0.29, 0.717) is 0 Å². The molecule has 3 heteroatoms. The zero-order valence-corrected chi connectivity index (χ0v) is 7.68. The number of nitrogens with zero attached hydrogens (tertiary/aromatic N) is 1. The average molecular weight is 167 g/mol. The third kappa shape index (κ3) is 1.23. The summed E-state index contributed by atoms with van der Waals surface area (Å²) in [5.41, 5.74) is -1.29. The maximum absolute atomic E-state index is 11.7. The van der Waals surface area contributed by atoms with E-state index in [1.807, 2.05) is 26.8 Å². The quantitative estimate of drug-likeness (QED) is 0.588. The first-order valence-electron chi connectivity index (χ1n) is 3.96. The van der Waals surface area contributed by atoms with Crippen LogP contribution in [0.15, 0.2) is 0 Å². The van der Waals surface area contributed by atoms with Crippen molar-refractivity contribution in [1.82, 2.24) is 0 Å². The van der Waals surface area contributed by atoms with Gasteiger partial charge in [0.15, 0.2) is 11.2 Å². The molecule has 1 aliphatic heterocycles. The highest BCUT2D eigenvalue weighted by Crippen LogP contribution is 2.35. The topological polar surface area (TPSA) is 50.1 Å². The predicted octanol–water partition coefficient (Wildman–Crippen LogP) is 1.14. The lowest BCUT2D eigenvalue weighted by Gasteiger charge is -2.37. The second kappa shape index (κ2) is 2.56. The Labute approximate surface area is 72.3 Å². The second-order valence-electron chi connectivity index (χ2n) is 4.27.